The molecule has 0 fully saturated rings. The van der Waals surface area contributed by atoms with E-state index in [9.17, 15) is 0 Å². The van der Waals surface area contributed by atoms with Crippen LogP contribution in [0.5, 0.6) is 0 Å². The summed E-state index contributed by atoms with van der Waals surface area (Å²) in [5.41, 5.74) is 6.64. The predicted octanol–water partition coefficient (Wildman–Crippen LogP) is 4.09. The normalized spacial score (nSPS) is 10.9. The van der Waals surface area contributed by atoms with Crippen LogP contribution in [0.1, 0.15) is 5.69 Å². The van der Waals surface area contributed by atoms with Gasteiger partial charge in [0.2, 0.25) is 0 Å². The Kier molecular flexibility index (Phi) is 4.38. The summed E-state index contributed by atoms with van der Waals surface area (Å²) in [6.45, 7) is 0.552. The number of H-pyrrole nitrogens is 1. The van der Waals surface area contributed by atoms with Crippen LogP contribution in [0.3, 0.4) is 0 Å². The average Bonchev–Trinajstić information content (AvgIpc) is 3.21. The van der Waals surface area contributed by atoms with E-state index >= 15 is 0 Å². The van der Waals surface area contributed by atoms with Crippen LogP contribution < -0.4 is 5.32 Å². The number of fused-ring (bicyclic) bond motifs is 1. The van der Waals surface area contributed by atoms with Crippen molar-refractivity contribution in [2.45, 2.75) is 6.54 Å². The first kappa shape index (κ1) is 17.0. The van der Waals surface area contributed by atoms with E-state index in [1.165, 1.54) is 0 Å². The highest BCUT2D eigenvalue weighted by atomic mass is 15.2. The monoisotopic (exact) mass is 379 g/mol. The number of rotatable bonds is 5. The van der Waals surface area contributed by atoms with Crippen LogP contribution in [0.2, 0.25) is 0 Å². The Labute approximate surface area is 166 Å². The molecule has 5 heterocycles. The molecule has 0 unspecified atom stereocenters. The molecular weight excluding hydrogens is 362 g/mol. The average molecular weight is 379 g/mol. The molecule has 0 aliphatic rings. The molecule has 29 heavy (non-hydrogen) atoms. The van der Waals surface area contributed by atoms with Crippen LogP contribution in [0.25, 0.3) is 33.3 Å². The third kappa shape index (κ3) is 3.53. The van der Waals surface area contributed by atoms with Gasteiger partial charge in [-0.25, -0.2) is 4.98 Å². The summed E-state index contributed by atoms with van der Waals surface area (Å²) in [4.78, 5) is 17.2. The van der Waals surface area contributed by atoms with E-state index in [2.05, 4.69) is 47.6 Å². The van der Waals surface area contributed by atoms with Gasteiger partial charge in [-0.15, -0.1) is 0 Å². The first-order valence-corrected chi connectivity index (χ1v) is 9.19. The molecule has 0 spiro atoms. The molecule has 0 bridgehead atoms. The second-order valence-corrected chi connectivity index (χ2v) is 6.59. The van der Waals surface area contributed by atoms with Gasteiger partial charge in [-0.05, 0) is 24.3 Å². The second kappa shape index (κ2) is 7.47. The molecule has 5 aromatic heterocycles. The topological polar surface area (TPSA) is 92.3 Å². The number of hydrogen-bond donors (Lipinski definition) is 2. The van der Waals surface area contributed by atoms with E-state index in [0.717, 1.165) is 44.7 Å². The molecule has 0 aliphatic heterocycles. The van der Waals surface area contributed by atoms with E-state index in [4.69, 9.17) is 0 Å². The molecule has 0 aliphatic carbocycles. The fourth-order valence-electron chi connectivity index (χ4n) is 3.19. The zero-order valence-corrected chi connectivity index (χ0v) is 15.4. The highest BCUT2D eigenvalue weighted by Crippen LogP contribution is 2.24. The van der Waals surface area contributed by atoms with Crippen molar-refractivity contribution in [2.24, 2.45) is 0 Å². The molecular formula is C22H17N7. The number of pyridine rings is 4. The molecule has 0 saturated carbocycles. The zero-order valence-electron chi connectivity index (χ0n) is 15.4. The molecule has 7 nitrogen and oxygen atoms in total. The maximum atomic E-state index is 4.49. The Morgan fingerprint density at radius 2 is 1.48 bits per heavy atom. The standard InChI is InChI=1S/C22H17N7/c1-3-15(9-23-5-1)17-7-19(13-25-11-17)26-14-21-20-8-18(12-27-22(20)29-28-21)16-4-2-6-24-10-16/h1-13,26H,14H2,(H,27,28,29). The number of nitrogens with zero attached hydrogens (tertiary/aromatic N) is 5. The Morgan fingerprint density at radius 3 is 2.21 bits per heavy atom. The highest BCUT2D eigenvalue weighted by Gasteiger charge is 2.09. The SMILES string of the molecule is c1cncc(-c2cncc(NCc3n[nH]c4ncc(-c5cccnc5)cc34)c2)c1. The highest BCUT2D eigenvalue weighted by molar-refractivity contribution is 5.83. The van der Waals surface area contributed by atoms with Crippen LogP contribution in [-0.2, 0) is 6.54 Å². The molecule has 5 rings (SSSR count). The third-order valence-corrected chi connectivity index (χ3v) is 4.68. The van der Waals surface area contributed by atoms with Crippen LogP contribution in [0, 0.1) is 0 Å². The number of aromatic amines is 1. The van der Waals surface area contributed by atoms with Crippen molar-refractivity contribution in [1.82, 2.24) is 30.1 Å². The summed E-state index contributed by atoms with van der Waals surface area (Å²) >= 11 is 0. The summed E-state index contributed by atoms with van der Waals surface area (Å²) in [5, 5.41) is 11.8. The van der Waals surface area contributed by atoms with Crippen molar-refractivity contribution in [3.63, 3.8) is 0 Å². The van der Waals surface area contributed by atoms with Crippen LogP contribution in [0.15, 0.2) is 79.8 Å². The van der Waals surface area contributed by atoms with Crippen molar-refractivity contribution in [1.29, 1.82) is 0 Å². The van der Waals surface area contributed by atoms with Crippen molar-refractivity contribution >= 4 is 16.7 Å². The van der Waals surface area contributed by atoms with Crippen molar-refractivity contribution < 1.29 is 0 Å². The van der Waals surface area contributed by atoms with Crippen molar-refractivity contribution in [3.8, 4) is 22.3 Å². The smallest absolute Gasteiger partial charge is 0.155 e. The summed E-state index contributed by atoms with van der Waals surface area (Å²) in [5.74, 6) is 0. The van der Waals surface area contributed by atoms with E-state index < -0.39 is 0 Å². The molecule has 140 valence electrons. The van der Waals surface area contributed by atoms with Gasteiger partial charge in [0.05, 0.1) is 17.9 Å². The summed E-state index contributed by atoms with van der Waals surface area (Å²) in [6.07, 6.45) is 12.6. The van der Waals surface area contributed by atoms with Gasteiger partial charge >= 0.3 is 0 Å². The maximum absolute atomic E-state index is 4.49. The third-order valence-electron chi connectivity index (χ3n) is 4.68. The predicted molar refractivity (Wildman–Crippen MR) is 112 cm³/mol. The molecule has 0 amide bonds. The van der Waals surface area contributed by atoms with Gasteiger partial charge in [0, 0.05) is 71.0 Å². The van der Waals surface area contributed by atoms with Gasteiger partial charge in [0.15, 0.2) is 5.65 Å². The van der Waals surface area contributed by atoms with E-state index in [-0.39, 0.29) is 0 Å². The fourth-order valence-corrected chi connectivity index (χ4v) is 3.19. The lowest BCUT2D eigenvalue weighted by Crippen LogP contribution is -2.01. The molecule has 0 saturated heterocycles. The fraction of sp³-hybridized carbons (Fsp3) is 0.0455. The molecule has 0 radical (unpaired) electrons. The summed E-state index contributed by atoms with van der Waals surface area (Å²) < 4.78 is 0. The number of anilines is 1. The van der Waals surface area contributed by atoms with Crippen LogP contribution in [-0.4, -0.2) is 30.1 Å². The van der Waals surface area contributed by atoms with Crippen LogP contribution >= 0.6 is 0 Å². The molecule has 0 aromatic carbocycles. The van der Waals surface area contributed by atoms with E-state index in [1.807, 2.05) is 49.1 Å². The minimum Gasteiger partial charge on any atom is -0.378 e. The quantitative estimate of drug-likeness (QED) is 0.478. The lowest BCUT2D eigenvalue weighted by molar-refractivity contribution is 0.989. The molecule has 2 N–H and O–H groups in total. The molecule has 0 atom stereocenters. The van der Waals surface area contributed by atoms with Gasteiger partial charge in [-0.1, -0.05) is 12.1 Å². The van der Waals surface area contributed by atoms with Crippen molar-refractivity contribution in [2.75, 3.05) is 5.32 Å². The molecule has 5 aromatic rings. The lowest BCUT2D eigenvalue weighted by atomic mass is 10.1. The van der Waals surface area contributed by atoms with Crippen LogP contribution in [0.4, 0.5) is 5.69 Å². The lowest BCUT2D eigenvalue weighted by Gasteiger charge is -2.07. The van der Waals surface area contributed by atoms with E-state index in [0.29, 0.717) is 6.54 Å². The second-order valence-electron chi connectivity index (χ2n) is 6.59. The maximum Gasteiger partial charge on any atom is 0.155 e. The number of aromatic nitrogens is 6. The van der Waals surface area contributed by atoms with E-state index in [1.54, 1.807) is 18.6 Å². The molecule has 7 heteroatoms. The number of hydrogen-bond acceptors (Lipinski definition) is 6. The summed E-state index contributed by atoms with van der Waals surface area (Å²) in [7, 11) is 0. The van der Waals surface area contributed by atoms with Gasteiger partial charge in [0.1, 0.15) is 0 Å². The first-order chi connectivity index (χ1) is 14.4. The Bertz CT molecular complexity index is 1250. The number of nitrogens with one attached hydrogen (secondary N) is 2. The minimum atomic E-state index is 0.552. The minimum absolute atomic E-state index is 0.552. The van der Waals surface area contributed by atoms with Gasteiger partial charge in [0.25, 0.3) is 0 Å². The largest absolute Gasteiger partial charge is 0.378 e. The Morgan fingerprint density at radius 1 is 0.759 bits per heavy atom. The van der Waals surface area contributed by atoms with Gasteiger partial charge in [-0.3, -0.25) is 20.1 Å². The first-order valence-electron chi connectivity index (χ1n) is 9.19. The Hall–Kier alpha value is -4.13. The van der Waals surface area contributed by atoms with Gasteiger partial charge < -0.3 is 5.32 Å². The van der Waals surface area contributed by atoms with Crippen molar-refractivity contribution in [3.05, 3.63) is 85.5 Å². The Balaban J connectivity index is 1.40. The summed E-state index contributed by atoms with van der Waals surface area (Å²) in [6, 6.07) is 12.0. The van der Waals surface area contributed by atoms with Gasteiger partial charge in [-0.2, -0.15) is 5.10 Å². The zero-order chi connectivity index (χ0) is 19.5.